The molecule has 0 bridgehead atoms. The molecule has 3 N–H and O–H groups in total. The van der Waals surface area contributed by atoms with Crippen molar-refractivity contribution in [2.75, 3.05) is 0 Å². The zero-order valence-electron chi connectivity index (χ0n) is 10.4. The van der Waals surface area contributed by atoms with Gasteiger partial charge in [-0.2, -0.15) is 0 Å². The first-order valence-electron chi connectivity index (χ1n) is 5.82. The molecule has 0 aliphatic rings. The fourth-order valence-corrected chi connectivity index (χ4v) is 1.66. The van der Waals surface area contributed by atoms with Crippen LogP contribution in [0.15, 0.2) is 48.5 Å². The summed E-state index contributed by atoms with van der Waals surface area (Å²) in [5, 5.41) is 17.5. The highest BCUT2D eigenvalue weighted by atomic mass is 16.4. The van der Waals surface area contributed by atoms with Crippen molar-refractivity contribution in [2.24, 2.45) is 0 Å². The van der Waals surface area contributed by atoms with Crippen LogP contribution in [0.1, 0.15) is 21.7 Å². The van der Waals surface area contributed by atoms with Gasteiger partial charge in [0, 0.05) is 30.6 Å². The second kappa shape index (κ2) is 5.83. The van der Waals surface area contributed by atoms with Crippen molar-refractivity contribution < 1.29 is 19.8 Å². The molecule has 0 atom stereocenters. The van der Waals surface area contributed by atoms with Gasteiger partial charge in [0.05, 0.1) is 5.69 Å². The molecule has 0 amide bonds. The number of carbonyl (C=O) groups is 2. The van der Waals surface area contributed by atoms with Gasteiger partial charge in [-0.25, -0.2) is 4.79 Å². The molecule has 20 heavy (non-hydrogen) atoms. The highest BCUT2D eigenvalue weighted by Gasteiger charge is 2.11. The number of aromatic nitrogens is 2. The minimum Gasteiger partial charge on any atom is -0.502 e. The molecule has 6 nitrogen and oxygen atoms in total. The van der Waals surface area contributed by atoms with Gasteiger partial charge in [0.2, 0.25) is 11.5 Å². The van der Waals surface area contributed by atoms with Gasteiger partial charge < -0.3 is 15.2 Å². The zero-order valence-corrected chi connectivity index (χ0v) is 10.4. The molecule has 0 saturated heterocycles. The van der Waals surface area contributed by atoms with E-state index in [4.69, 9.17) is 10.2 Å². The third-order valence-electron chi connectivity index (χ3n) is 2.61. The fraction of sp³-hybridized carbons (Fsp3) is 0.0714. The predicted molar refractivity (Wildman–Crippen MR) is 70.5 cm³/mol. The molecule has 6 heteroatoms. The number of carbonyl (C=O) groups excluding carboxylic acids is 1. The van der Waals surface area contributed by atoms with E-state index in [1.54, 1.807) is 18.5 Å². The Morgan fingerprint density at radius 3 is 2.75 bits per heavy atom. The zero-order chi connectivity index (χ0) is 14.5. The molecule has 2 heterocycles. The van der Waals surface area contributed by atoms with Crippen LogP contribution < -0.4 is 0 Å². The number of pyridine rings is 1. The Balaban J connectivity index is 2.11. The van der Waals surface area contributed by atoms with Gasteiger partial charge in [-0.3, -0.25) is 9.78 Å². The number of nitrogens with one attached hydrogen (secondary N) is 1. The minimum atomic E-state index is -1.54. The lowest BCUT2D eigenvalue weighted by Crippen LogP contribution is -2.04. The van der Waals surface area contributed by atoms with E-state index in [1.807, 2.05) is 18.2 Å². The Kier molecular flexibility index (Phi) is 3.95. The number of aromatic amines is 1. The van der Waals surface area contributed by atoms with E-state index in [0.29, 0.717) is 12.5 Å². The molecule has 2 rings (SSSR count). The summed E-state index contributed by atoms with van der Waals surface area (Å²) in [7, 11) is 0. The summed E-state index contributed by atoms with van der Waals surface area (Å²) in [6.45, 7) is 0. The monoisotopic (exact) mass is 272 g/mol. The molecule has 0 aliphatic heterocycles. The number of aliphatic hydroxyl groups is 1. The normalized spacial score (nSPS) is 11.3. The highest BCUT2D eigenvalue weighted by molar-refractivity contribution is 6.06. The number of ketones is 1. The molecular weight excluding hydrogens is 260 g/mol. The lowest BCUT2D eigenvalue weighted by Gasteiger charge is -1.95. The number of hydrogen-bond acceptors (Lipinski definition) is 4. The van der Waals surface area contributed by atoms with Crippen LogP contribution in [0.2, 0.25) is 0 Å². The predicted octanol–water partition coefficient (Wildman–Crippen LogP) is 1.71. The smallest absolute Gasteiger partial charge is 0.371 e. The minimum absolute atomic E-state index is 0.212. The first-order chi connectivity index (χ1) is 9.56. The first-order valence-corrected chi connectivity index (χ1v) is 5.82. The molecule has 0 saturated carbocycles. The second-order valence-corrected chi connectivity index (χ2v) is 4.12. The molecule has 2 aromatic heterocycles. The summed E-state index contributed by atoms with van der Waals surface area (Å²) in [6, 6.07) is 7.15. The molecule has 0 aromatic carbocycles. The molecule has 0 aliphatic carbocycles. The Labute approximate surface area is 114 Å². The first kappa shape index (κ1) is 13.5. The average Bonchev–Trinajstić information content (AvgIpc) is 2.88. The van der Waals surface area contributed by atoms with Crippen LogP contribution >= 0.6 is 0 Å². The van der Waals surface area contributed by atoms with E-state index >= 15 is 0 Å². The number of carboxylic acid groups (broad SMARTS) is 1. The lowest BCUT2D eigenvalue weighted by atomic mass is 10.1. The number of aliphatic carboxylic acids is 1. The number of allylic oxidation sites excluding steroid dienone is 1. The van der Waals surface area contributed by atoms with E-state index in [1.165, 1.54) is 0 Å². The van der Waals surface area contributed by atoms with Crippen LogP contribution in [0.4, 0.5) is 0 Å². The van der Waals surface area contributed by atoms with Gasteiger partial charge in [-0.05, 0) is 23.8 Å². The van der Waals surface area contributed by atoms with E-state index in [0.717, 1.165) is 11.3 Å². The van der Waals surface area contributed by atoms with Crippen molar-refractivity contribution in [3.05, 3.63) is 65.4 Å². The number of hydrogen-bond donors (Lipinski definition) is 3. The summed E-state index contributed by atoms with van der Waals surface area (Å²) in [5.74, 6) is -3.13. The summed E-state index contributed by atoms with van der Waals surface area (Å²) in [5.41, 5.74) is 1.91. The van der Waals surface area contributed by atoms with Crippen LogP contribution in [0, 0.1) is 0 Å². The molecule has 0 radical (unpaired) electrons. The van der Waals surface area contributed by atoms with Crippen LogP contribution in [0.25, 0.3) is 0 Å². The Morgan fingerprint density at radius 1 is 1.30 bits per heavy atom. The van der Waals surface area contributed by atoms with Crippen molar-refractivity contribution in [1.29, 1.82) is 0 Å². The Bertz CT molecular complexity index is 659. The van der Waals surface area contributed by atoms with Crippen molar-refractivity contribution in [3.8, 4) is 0 Å². The summed E-state index contributed by atoms with van der Waals surface area (Å²) >= 11 is 0. The van der Waals surface area contributed by atoms with Crippen molar-refractivity contribution in [1.82, 2.24) is 9.97 Å². The third kappa shape index (κ3) is 3.32. The molecule has 0 fully saturated rings. The van der Waals surface area contributed by atoms with Gasteiger partial charge in [-0.15, -0.1) is 0 Å². The third-order valence-corrected chi connectivity index (χ3v) is 2.61. The molecule has 2 aromatic rings. The van der Waals surface area contributed by atoms with Gasteiger partial charge in [0.25, 0.3) is 0 Å². The van der Waals surface area contributed by atoms with Crippen LogP contribution in [0.3, 0.4) is 0 Å². The maximum atomic E-state index is 11.7. The van der Waals surface area contributed by atoms with E-state index in [9.17, 15) is 9.59 Å². The summed E-state index contributed by atoms with van der Waals surface area (Å²) < 4.78 is 0. The molecular formula is C14H12N2O4. The maximum Gasteiger partial charge on any atom is 0.371 e. The number of aliphatic hydroxyl groups excluding tert-OH is 1. The van der Waals surface area contributed by atoms with E-state index in [-0.39, 0.29) is 5.69 Å². The van der Waals surface area contributed by atoms with Crippen molar-refractivity contribution >= 4 is 11.8 Å². The maximum absolute atomic E-state index is 11.7. The van der Waals surface area contributed by atoms with Crippen molar-refractivity contribution in [3.63, 3.8) is 0 Å². The summed E-state index contributed by atoms with van der Waals surface area (Å²) in [4.78, 5) is 29.0. The van der Waals surface area contributed by atoms with Crippen molar-refractivity contribution in [2.45, 2.75) is 6.42 Å². The second-order valence-electron chi connectivity index (χ2n) is 4.12. The molecule has 0 unspecified atom stereocenters. The highest BCUT2D eigenvalue weighted by Crippen LogP contribution is 2.10. The standard InChI is InChI=1S/C14H12N2O4/c17-12(7-13(18)14(19)20)11-6-9(8-16-11)5-10-3-1-2-4-15-10/h1-4,6-8,16,18H,5H2,(H,19,20)/b13-7-. The molecule has 102 valence electrons. The van der Waals surface area contributed by atoms with Crippen LogP contribution in [-0.2, 0) is 11.2 Å². The van der Waals surface area contributed by atoms with Crippen LogP contribution in [-0.4, -0.2) is 31.9 Å². The summed E-state index contributed by atoms with van der Waals surface area (Å²) in [6.07, 6.45) is 4.55. The van der Waals surface area contributed by atoms with Crippen LogP contribution in [0.5, 0.6) is 0 Å². The van der Waals surface area contributed by atoms with E-state index < -0.39 is 17.5 Å². The Hall–Kier alpha value is -2.89. The fourth-order valence-electron chi connectivity index (χ4n) is 1.66. The molecule has 0 spiro atoms. The SMILES string of the molecule is O=C(O)/C(O)=C/C(=O)c1cc(Cc2ccccn2)c[nH]1. The average molecular weight is 272 g/mol. The van der Waals surface area contributed by atoms with Gasteiger partial charge in [0.1, 0.15) is 0 Å². The van der Waals surface area contributed by atoms with Gasteiger partial charge >= 0.3 is 5.97 Å². The Morgan fingerprint density at radius 2 is 2.10 bits per heavy atom. The lowest BCUT2D eigenvalue weighted by molar-refractivity contribution is -0.135. The number of H-pyrrole nitrogens is 1. The quantitative estimate of drug-likeness (QED) is 0.436. The number of nitrogens with zero attached hydrogens (tertiary/aromatic N) is 1. The largest absolute Gasteiger partial charge is 0.502 e. The number of rotatable bonds is 5. The van der Waals surface area contributed by atoms with E-state index in [2.05, 4.69) is 9.97 Å². The topological polar surface area (TPSA) is 103 Å². The number of carboxylic acids is 1. The van der Waals surface area contributed by atoms with Gasteiger partial charge in [-0.1, -0.05) is 6.07 Å². The van der Waals surface area contributed by atoms with Gasteiger partial charge in [0.15, 0.2) is 0 Å².